The number of hydrogen-bond donors (Lipinski definition) is 1. The van der Waals surface area contributed by atoms with E-state index in [0.717, 1.165) is 28.4 Å². The van der Waals surface area contributed by atoms with Crippen LogP contribution in [0.4, 0.5) is 15.2 Å². The van der Waals surface area contributed by atoms with Gasteiger partial charge in [0.05, 0.1) is 10.2 Å². The molecule has 20 heavy (non-hydrogen) atoms. The predicted molar refractivity (Wildman–Crippen MR) is 83.3 cm³/mol. The molecule has 0 saturated heterocycles. The van der Waals surface area contributed by atoms with Gasteiger partial charge in [-0.05, 0) is 30.2 Å². The number of halogens is 1. The van der Waals surface area contributed by atoms with E-state index in [0.29, 0.717) is 5.52 Å². The Balaban J connectivity index is 1.93. The second kappa shape index (κ2) is 5.59. The van der Waals surface area contributed by atoms with Gasteiger partial charge in [0.1, 0.15) is 5.82 Å². The Bertz CT molecular complexity index is 736. The molecule has 4 heteroatoms. The number of rotatable bonds is 4. The summed E-state index contributed by atoms with van der Waals surface area (Å²) in [5, 5.41) is 4.15. The first kappa shape index (κ1) is 13.1. The number of benzene rings is 2. The van der Waals surface area contributed by atoms with Crippen LogP contribution < -0.4 is 5.32 Å². The number of anilines is 2. The van der Waals surface area contributed by atoms with Gasteiger partial charge in [-0.25, -0.2) is 9.37 Å². The highest BCUT2D eigenvalue weighted by Gasteiger charge is 2.07. The van der Waals surface area contributed by atoms with Crippen LogP contribution >= 0.6 is 11.3 Å². The Morgan fingerprint density at radius 1 is 1.20 bits per heavy atom. The van der Waals surface area contributed by atoms with Crippen molar-refractivity contribution in [1.29, 1.82) is 0 Å². The molecule has 0 radical (unpaired) electrons. The fraction of sp³-hybridized carbons (Fsp3) is 0.188. The number of fused-ring (bicyclic) bond motifs is 1. The number of aromatic nitrogens is 1. The van der Waals surface area contributed by atoms with Crippen molar-refractivity contribution in [3.63, 3.8) is 0 Å². The average Bonchev–Trinajstić information content (AvgIpc) is 2.82. The maximum absolute atomic E-state index is 13.2. The third kappa shape index (κ3) is 2.65. The molecule has 3 aromatic rings. The second-order valence-corrected chi connectivity index (χ2v) is 5.69. The molecule has 1 N–H and O–H groups in total. The summed E-state index contributed by atoms with van der Waals surface area (Å²) in [6, 6.07) is 12.9. The Morgan fingerprint density at radius 2 is 2.05 bits per heavy atom. The van der Waals surface area contributed by atoms with Crippen molar-refractivity contribution in [2.45, 2.75) is 19.8 Å². The summed E-state index contributed by atoms with van der Waals surface area (Å²) in [6.07, 6.45) is 2.13. The van der Waals surface area contributed by atoms with E-state index in [-0.39, 0.29) is 5.82 Å². The quantitative estimate of drug-likeness (QED) is 0.719. The monoisotopic (exact) mass is 286 g/mol. The smallest absolute Gasteiger partial charge is 0.188 e. The molecule has 0 aliphatic carbocycles. The molecule has 0 amide bonds. The summed E-state index contributed by atoms with van der Waals surface area (Å²) in [7, 11) is 0. The number of thiazole rings is 1. The number of aryl methyl sites for hydroxylation is 1. The zero-order valence-corrected chi connectivity index (χ0v) is 12.0. The Kier molecular flexibility index (Phi) is 3.65. The Morgan fingerprint density at radius 3 is 2.90 bits per heavy atom. The van der Waals surface area contributed by atoms with Crippen molar-refractivity contribution in [2.24, 2.45) is 0 Å². The normalized spacial score (nSPS) is 10.9. The summed E-state index contributed by atoms with van der Waals surface area (Å²) in [4.78, 5) is 4.44. The largest absolute Gasteiger partial charge is 0.331 e. The van der Waals surface area contributed by atoms with E-state index < -0.39 is 0 Å². The van der Waals surface area contributed by atoms with Crippen LogP contribution in [0.1, 0.15) is 18.9 Å². The minimum Gasteiger partial charge on any atom is -0.331 e. The van der Waals surface area contributed by atoms with Crippen molar-refractivity contribution in [3.05, 3.63) is 53.8 Å². The molecule has 1 aromatic heterocycles. The number of hydrogen-bond acceptors (Lipinski definition) is 3. The zero-order valence-electron chi connectivity index (χ0n) is 11.2. The fourth-order valence-electron chi connectivity index (χ4n) is 2.20. The van der Waals surface area contributed by atoms with Gasteiger partial charge < -0.3 is 5.32 Å². The van der Waals surface area contributed by atoms with Crippen LogP contribution in [0, 0.1) is 5.82 Å². The second-order valence-electron chi connectivity index (χ2n) is 4.66. The van der Waals surface area contributed by atoms with E-state index in [1.165, 1.54) is 29.0 Å². The van der Waals surface area contributed by atoms with Crippen LogP contribution in [0.15, 0.2) is 42.5 Å². The molecule has 1 heterocycles. The molecule has 0 fully saturated rings. The van der Waals surface area contributed by atoms with Crippen LogP contribution in [0.2, 0.25) is 0 Å². The number of para-hydroxylation sites is 1. The maximum atomic E-state index is 13.2. The summed E-state index contributed by atoms with van der Waals surface area (Å²) in [5.74, 6) is -0.249. The van der Waals surface area contributed by atoms with Crippen LogP contribution in [0.25, 0.3) is 10.2 Å². The maximum Gasteiger partial charge on any atom is 0.188 e. The topological polar surface area (TPSA) is 24.9 Å². The Labute approximate surface area is 121 Å². The van der Waals surface area contributed by atoms with Crippen molar-refractivity contribution >= 4 is 32.4 Å². The molecule has 0 aliphatic rings. The van der Waals surface area contributed by atoms with Gasteiger partial charge in [0.2, 0.25) is 0 Å². The van der Waals surface area contributed by atoms with Crippen LogP contribution in [-0.2, 0) is 6.42 Å². The van der Waals surface area contributed by atoms with Gasteiger partial charge in [-0.3, -0.25) is 0 Å². The van der Waals surface area contributed by atoms with Gasteiger partial charge in [0.25, 0.3) is 0 Å². The lowest BCUT2D eigenvalue weighted by molar-refractivity contribution is 0.629. The molecular formula is C16H15FN2S. The number of nitrogens with zero attached hydrogens (tertiary/aromatic N) is 1. The van der Waals surface area contributed by atoms with Crippen LogP contribution in [0.3, 0.4) is 0 Å². The molecule has 2 aromatic carbocycles. The first-order valence-corrected chi connectivity index (χ1v) is 7.49. The first-order valence-electron chi connectivity index (χ1n) is 6.67. The van der Waals surface area contributed by atoms with Gasteiger partial charge in [0.15, 0.2) is 5.13 Å². The van der Waals surface area contributed by atoms with Crippen molar-refractivity contribution in [3.8, 4) is 0 Å². The molecule has 102 valence electrons. The summed E-state index contributed by atoms with van der Waals surface area (Å²) in [5.41, 5.74) is 3.06. The van der Waals surface area contributed by atoms with Gasteiger partial charge in [0, 0.05) is 11.8 Å². The lowest BCUT2D eigenvalue weighted by Gasteiger charge is -2.08. The lowest BCUT2D eigenvalue weighted by atomic mass is 10.1. The van der Waals surface area contributed by atoms with Gasteiger partial charge in [-0.15, -0.1) is 0 Å². The third-order valence-corrected chi connectivity index (χ3v) is 4.08. The Hall–Kier alpha value is -1.94. The average molecular weight is 286 g/mol. The molecule has 3 rings (SSSR count). The highest BCUT2D eigenvalue weighted by molar-refractivity contribution is 7.22. The fourth-order valence-corrected chi connectivity index (χ4v) is 3.06. The molecule has 0 saturated carbocycles. The highest BCUT2D eigenvalue weighted by Crippen LogP contribution is 2.30. The summed E-state index contributed by atoms with van der Waals surface area (Å²) in [6.45, 7) is 2.16. The molecule has 0 spiro atoms. The van der Waals surface area contributed by atoms with E-state index in [4.69, 9.17) is 0 Å². The predicted octanol–water partition coefficient (Wildman–Crippen LogP) is 5.13. The van der Waals surface area contributed by atoms with Crippen LogP contribution in [-0.4, -0.2) is 4.98 Å². The highest BCUT2D eigenvalue weighted by atomic mass is 32.1. The van der Waals surface area contributed by atoms with Gasteiger partial charge >= 0.3 is 0 Å². The van der Waals surface area contributed by atoms with E-state index in [1.807, 2.05) is 12.1 Å². The number of nitrogens with one attached hydrogen (secondary N) is 1. The van der Waals surface area contributed by atoms with Crippen molar-refractivity contribution in [1.82, 2.24) is 4.98 Å². The van der Waals surface area contributed by atoms with E-state index in [1.54, 1.807) is 6.07 Å². The molecule has 0 aliphatic heterocycles. The summed E-state index contributed by atoms with van der Waals surface area (Å²) >= 11 is 1.54. The molecule has 0 bridgehead atoms. The lowest BCUT2D eigenvalue weighted by Crippen LogP contribution is -1.95. The SMILES string of the molecule is CCCc1ccccc1Nc1nc2cc(F)ccc2s1. The van der Waals surface area contributed by atoms with E-state index in [2.05, 4.69) is 29.4 Å². The molecule has 0 unspecified atom stereocenters. The third-order valence-electron chi connectivity index (χ3n) is 3.13. The molecule has 2 nitrogen and oxygen atoms in total. The standard InChI is InChI=1S/C16H15FN2S/c1-2-5-11-6-3-4-7-13(11)18-16-19-14-10-12(17)8-9-15(14)20-16/h3-4,6-10H,2,5H2,1H3,(H,18,19). The summed E-state index contributed by atoms with van der Waals surface area (Å²) < 4.78 is 14.2. The van der Waals surface area contributed by atoms with Crippen molar-refractivity contribution in [2.75, 3.05) is 5.32 Å². The molecule has 0 atom stereocenters. The van der Waals surface area contributed by atoms with Gasteiger partial charge in [-0.1, -0.05) is 42.9 Å². The van der Waals surface area contributed by atoms with Crippen molar-refractivity contribution < 1.29 is 4.39 Å². The zero-order chi connectivity index (χ0) is 13.9. The van der Waals surface area contributed by atoms with E-state index in [9.17, 15) is 4.39 Å². The minimum absolute atomic E-state index is 0.249. The van der Waals surface area contributed by atoms with Gasteiger partial charge in [-0.2, -0.15) is 0 Å². The minimum atomic E-state index is -0.249. The first-order chi connectivity index (χ1) is 9.76. The van der Waals surface area contributed by atoms with E-state index >= 15 is 0 Å². The molecular weight excluding hydrogens is 271 g/mol. The van der Waals surface area contributed by atoms with Crippen LogP contribution in [0.5, 0.6) is 0 Å².